The third kappa shape index (κ3) is 6.75. The van der Waals surface area contributed by atoms with Crippen molar-refractivity contribution in [2.75, 3.05) is 25.4 Å². The van der Waals surface area contributed by atoms with Crippen LogP contribution in [0.2, 0.25) is 0 Å². The van der Waals surface area contributed by atoms with Gasteiger partial charge in [-0.1, -0.05) is 17.7 Å². The number of halogens is 1. The molecule has 1 aromatic carbocycles. The number of hydrogen-bond acceptors (Lipinski definition) is 4. The molecule has 170 valence electrons. The summed E-state index contributed by atoms with van der Waals surface area (Å²) in [6.45, 7) is 7.16. The summed E-state index contributed by atoms with van der Waals surface area (Å²) in [6.07, 6.45) is 5.49. The third-order valence-electron chi connectivity index (χ3n) is 4.90. The zero-order chi connectivity index (χ0) is 22.1. The number of anilines is 1. The van der Waals surface area contributed by atoms with Crippen molar-refractivity contribution < 1.29 is 0 Å². The monoisotopic (exact) mass is 546 g/mol. The lowest BCUT2D eigenvalue weighted by Gasteiger charge is -2.11. The first kappa shape index (κ1) is 25.3. The van der Waals surface area contributed by atoms with Gasteiger partial charge in [-0.05, 0) is 51.0 Å². The Labute approximate surface area is 206 Å². The van der Waals surface area contributed by atoms with E-state index in [2.05, 4.69) is 31.4 Å². The molecule has 32 heavy (non-hydrogen) atoms. The highest BCUT2D eigenvalue weighted by Gasteiger charge is 2.16. The highest BCUT2D eigenvalue weighted by Crippen LogP contribution is 2.21. The lowest BCUT2D eigenvalue weighted by Crippen LogP contribution is -2.38. The number of nitrogen functional groups attached to an aromatic ring is 1. The van der Waals surface area contributed by atoms with Gasteiger partial charge >= 0.3 is 0 Å². The molecule has 0 aliphatic heterocycles. The number of aliphatic imine (C=N–C) groups is 1. The van der Waals surface area contributed by atoms with Gasteiger partial charge in [-0.25, -0.2) is 4.68 Å². The molecule has 0 atom stereocenters. The topological polar surface area (TPSA) is 109 Å². The second-order valence-corrected chi connectivity index (χ2v) is 7.28. The molecule has 0 bridgehead atoms. The number of nitrogens with zero attached hydrogens (tertiary/aromatic N) is 5. The molecule has 8 nitrogen and oxygen atoms in total. The van der Waals surface area contributed by atoms with Gasteiger partial charge in [0.05, 0.1) is 11.4 Å². The van der Waals surface area contributed by atoms with E-state index in [1.165, 1.54) is 0 Å². The summed E-state index contributed by atoms with van der Waals surface area (Å²) in [4.78, 5) is 4.64. The number of aromatic nitrogens is 3. The standard InChI is InChI=1S/C23H30N8.HI/c1-3-26-23(28-13-16-30-14-4-5-15-30)27-12-6-7-21-20(17-24)22(25)31(29-21)19-10-8-18(2)9-11-19;/h4-5,8-11,14-15H,3,6-7,12-13,16,25H2,1-2H3,(H2,26,27,28);1H. The van der Waals surface area contributed by atoms with Crippen LogP contribution >= 0.6 is 24.0 Å². The van der Waals surface area contributed by atoms with Crippen LogP contribution < -0.4 is 16.4 Å². The van der Waals surface area contributed by atoms with Crippen LogP contribution in [-0.4, -0.2) is 39.9 Å². The van der Waals surface area contributed by atoms with Crippen molar-refractivity contribution in [2.24, 2.45) is 4.99 Å². The summed E-state index contributed by atoms with van der Waals surface area (Å²) in [6, 6.07) is 14.2. The first-order chi connectivity index (χ1) is 15.1. The van der Waals surface area contributed by atoms with E-state index in [1.807, 2.05) is 62.6 Å². The molecule has 0 unspecified atom stereocenters. The largest absolute Gasteiger partial charge is 0.382 e. The van der Waals surface area contributed by atoms with Crippen molar-refractivity contribution in [3.8, 4) is 11.8 Å². The maximum absolute atomic E-state index is 9.56. The van der Waals surface area contributed by atoms with Crippen molar-refractivity contribution >= 4 is 35.8 Å². The average Bonchev–Trinajstić information content (AvgIpc) is 3.39. The first-order valence-corrected chi connectivity index (χ1v) is 10.6. The normalized spacial score (nSPS) is 11.0. The Kier molecular flexibility index (Phi) is 10.1. The van der Waals surface area contributed by atoms with E-state index in [9.17, 15) is 5.26 Å². The van der Waals surface area contributed by atoms with E-state index in [0.717, 1.165) is 43.3 Å². The molecule has 0 aliphatic rings. The first-order valence-electron chi connectivity index (χ1n) is 10.6. The van der Waals surface area contributed by atoms with E-state index in [4.69, 9.17) is 5.73 Å². The Hall–Kier alpha value is -3.00. The van der Waals surface area contributed by atoms with Gasteiger partial charge in [0.2, 0.25) is 0 Å². The fourth-order valence-electron chi connectivity index (χ4n) is 3.26. The van der Waals surface area contributed by atoms with E-state index < -0.39 is 0 Å². The highest BCUT2D eigenvalue weighted by molar-refractivity contribution is 14.0. The predicted molar refractivity (Wildman–Crippen MR) is 140 cm³/mol. The lowest BCUT2D eigenvalue weighted by atomic mass is 10.1. The van der Waals surface area contributed by atoms with Crippen molar-refractivity contribution in [1.82, 2.24) is 25.0 Å². The number of benzene rings is 1. The van der Waals surface area contributed by atoms with E-state index in [-0.39, 0.29) is 24.0 Å². The molecule has 0 aliphatic carbocycles. The van der Waals surface area contributed by atoms with Crippen molar-refractivity contribution in [1.29, 1.82) is 5.26 Å². The Morgan fingerprint density at radius 3 is 2.56 bits per heavy atom. The van der Waals surface area contributed by atoms with Gasteiger partial charge in [0.1, 0.15) is 17.5 Å². The summed E-state index contributed by atoms with van der Waals surface area (Å²) in [5.41, 5.74) is 9.37. The van der Waals surface area contributed by atoms with Crippen molar-refractivity contribution in [3.05, 3.63) is 65.6 Å². The Bertz CT molecular complexity index is 1030. The maximum Gasteiger partial charge on any atom is 0.191 e. The van der Waals surface area contributed by atoms with E-state index in [0.29, 0.717) is 30.0 Å². The summed E-state index contributed by atoms with van der Waals surface area (Å²) < 4.78 is 3.76. The van der Waals surface area contributed by atoms with Crippen LogP contribution in [0.15, 0.2) is 53.8 Å². The smallest absolute Gasteiger partial charge is 0.191 e. The van der Waals surface area contributed by atoms with Gasteiger partial charge in [0.15, 0.2) is 5.96 Å². The van der Waals surface area contributed by atoms with E-state index in [1.54, 1.807) is 4.68 Å². The lowest BCUT2D eigenvalue weighted by molar-refractivity contribution is 0.664. The number of hydrogen-bond donors (Lipinski definition) is 3. The molecule has 0 fully saturated rings. The third-order valence-corrected chi connectivity index (χ3v) is 4.90. The number of guanidine groups is 1. The van der Waals surface area contributed by atoms with Crippen LogP contribution in [-0.2, 0) is 13.0 Å². The average molecular weight is 546 g/mol. The SMILES string of the molecule is CCNC(=NCCCc1nn(-c2ccc(C)cc2)c(N)c1C#N)NCCn1cccc1.I. The Morgan fingerprint density at radius 1 is 1.19 bits per heavy atom. The molecule has 9 heteroatoms. The molecule has 0 radical (unpaired) electrons. The van der Waals surface area contributed by atoms with Gasteiger partial charge in [0, 0.05) is 38.6 Å². The molecular weight excluding hydrogens is 515 g/mol. The van der Waals surface area contributed by atoms with Crippen molar-refractivity contribution in [3.63, 3.8) is 0 Å². The number of nitrogens with two attached hydrogens (primary N) is 1. The molecule has 0 spiro atoms. The number of nitrogens with one attached hydrogen (secondary N) is 2. The van der Waals surface area contributed by atoms with Crippen LogP contribution in [0.25, 0.3) is 5.69 Å². The minimum absolute atomic E-state index is 0. The zero-order valence-electron chi connectivity index (χ0n) is 18.6. The van der Waals surface area contributed by atoms with Crippen LogP contribution in [0.5, 0.6) is 0 Å². The van der Waals surface area contributed by atoms with Crippen LogP contribution in [0.1, 0.15) is 30.2 Å². The van der Waals surface area contributed by atoms with Gasteiger partial charge in [-0.15, -0.1) is 24.0 Å². The van der Waals surface area contributed by atoms with Gasteiger partial charge in [-0.3, -0.25) is 4.99 Å². The molecule has 3 aromatic rings. The summed E-state index contributed by atoms with van der Waals surface area (Å²) in [7, 11) is 0. The molecule has 2 heterocycles. The summed E-state index contributed by atoms with van der Waals surface area (Å²) in [5, 5.41) is 20.8. The second-order valence-electron chi connectivity index (χ2n) is 7.28. The minimum Gasteiger partial charge on any atom is -0.382 e. The number of nitriles is 1. The molecule has 0 amide bonds. The predicted octanol–water partition coefficient (Wildman–Crippen LogP) is 3.24. The molecular formula is C23H31IN8. The Balaban J connectivity index is 0.00000363. The van der Waals surface area contributed by atoms with Crippen molar-refractivity contribution in [2.45, 2.75) is 33.2 Å². The van der Waals surface area contributed by atoms with Gasteiger partial charge in [0.25, 0.3) is 0 Å². The molecule has 2 aromatic heterocycles. The zero-order valence-corrected chi connectivity index (χ0v) is 20.9. The number of rotatable bonds is 9. The van der Waals surface area contributed by atoms with Gasteiger partial charge < -0.3 is 20.9 Å². The molecule has 0 saturated heterocycles. The molecule has 4 N–H and O–H groups in total. The van der Waals surface area contributed by atoms with Crippen LogP contribution in [0, 0.1) is 18.3 Å². The number of aryl methyl sites for hydroxylation is 2. The molecule has 3 rings (SSSR count). The Morgan fingerprint density at radius 2 is 1.91 bits per heavy atom. The maximum atomic E-state index is 9.56. The fourth-order valence-corrected chi connectivity index (χ4v) is 3.26. The highest BCUT2D eigenvalue weighted by atomic mass is 127. The second kappa shape index (κ2) is 12.8. The van der Waals surface area contributed by atoms with Crippen LogP contribution in [0.3, 0.4) is 0 Å². The quantitative estimate of drug-likeness (QED) is 0.165. The summed E-state index contributed by atoms with van der Waals surface area (Å²) in [5.74, 6) is 1.17. The fraction of sp³-hybridized carbons (Fsp3) is 0.348. The minimum atomic E-state index is 0. The van der Waals surface area contributed by atoms with Gasteiger partial charge in [-0.2, -0.15) is 10.4 Å². The molecule has 0 saturated carbocycles. The summed E-state index contributed by atoms with van der Waals surface area (Å²) >= 11 is 0. The van der Waals surface area contributed by atoms with Crippen LogP contribution in [0.4, 0.5) is 5.82 Å². The van der Waals surface area contributed by atoms with E-state index >= 15 is 0 Å².